The average Bonchev–Trinajstić information content (AvgIpc) is 2.57. The molecule has 0 spiro atoms. The van der Waals surface area contributed by atoms with Gasteiger partial charge in [0.25, 0.3) is 0 Å². The predicted octanol–water partition coefficient (Wildman–Crippen LogP) is 3.18. The van der Waals surface area contributed by atoms with Crippen LogP contribution in [-0.4, -0.2) is 11.1 Å². The van der Waals surface area contributed by atoms with Crippen LogP contribution in [0.15, 0.2) is 28.9 Å². The van der Waals surface area contributed by atoms with Gasteiger partial charge in [-0.15, -0.1) is 0 Å². The molecular formula is C13H17BrN2. The van der Waals surface area contributed by atoms with Crippen LogP contribution in [0.4, 0.5) is 0 Å². The quantitative estimate of drug-likeness (QED) is 0.900. The first kappa shape index (κ1) is 11.7. The summed E-state index contributed by atoms with van der Waals surface area (Å²) in [6.45, 7) is 5.02. The fraction of sp³-hybridized carbons (Fsp3) is 0.385. The molecule has 2 nitrogen and oxygen atoms in total. The van der Waals surface area contributed by atoms with E-state index in [0.29, 0.717) is 6.54 Å². The monoisotopic (exact) mass is 280 g/mol. The molecule has 0 amide bonds. The van der Waals surface area contributed by atoms with Gasteiger partial charge >= 0.3 is 0 Å². The minimum atomic E-state index is 0.0212. The number of hydrogen-bond donors (Lipinski definition) is 1. The summed E-state index contributed by atoms with van der Waals surface area (Å²) in [5.41, 5.74) is 8.43. The first-order valence-corrected chi connectivity index (χ1v) is 6.20. The molecule has 0 atom stereocenters. The van der Waals surface area contributed by atoms with E-state index in [1.165, 1.54) is 16.5 Å². The van der Waals surface area contributed by atoms with Crippen LogP contribution in [0, 0.1) is 0 Å². The van der Waals surface area contributed by atoms with Crippen LogP contribution in [0.3, 0.4) is 0 Å². The maximum absolute atomic E-state index is 5.85. The van der Waals surface area contributed by atoms with E-state index in [1.54, 1.807) is 0 Å². The normalized spacial score (nSPS) is 12.3. The molecule has 1 aromatic carbocycles. The van der Waals surface area contributed by atoms with Gasteiger partial charge < -0.3 is 10.3 Å². The second-order valence-corrected chi connectivity index (χ2v) is 5.82. The lowest BCUT2D eigenvalue weighted by Gasteiger charge is -2.21. The van der Waals surface area contributed by atoms with Crippen molar-refractivity contribution in [2.24, 2.45) is 12.8 Å². The van der Waals surface area contributed by atoms with Gasteiger partial charge in [0.15, 0.2) is 0 Å². The van der Waals surface area contributed by atoms with E-state index < -0.39 is 0 Å². The van der Waals surface area contributed by atoms with Crippen molar-refractivity contribution in [1.29, 1.82) is 0 Å². The van der Waals surface area contributed by atoms with Crippen molar-refractivity contribution in [2.75, 3.05) is 6.54 Å². The maximum atomic E-state index is 5.85. The van der Waals surface area contributed by atoms with Crippen molar-refractivity contribution >= 4 is 26.8 Å². The Morgan fingerprint density at radius 3 is 2.69 bits per heavy atom. The van der Waals surface area contributed by atoms with Crippen LogP contribution >= 0.6 is 15.9 Å². The van der Waals surface area contributed by atoms with Gasteiger partial charge in [-0.05, 0) is 17.7 Å². The molecule has 2 N–H and O–H groups in total. The third-order valence-electron chi connectivity index (χ3n) is 3.19. The molecule has 86 valence electrons. The zero-order valence-corrected chi connectivity index (χ0v) is 11.5. The number of aryl methyl sites for hydroxylation is 1. The van der Waals surface area contributed by atoms with Crippen LogP contribution in [0.25, 0.3) is 10.9 Å². The number of aromatic nitrogens is 1. The number of fused-ring (bicyclic) bond motifs is 1. The van der Waals surface area contributed by atoms with Crippen molar-refractivity contribution in [2.45, 2.75) is 19.3 Å². The molecule has 0 aliphatic heterocycles. The van der Waals surface area contributed by atoms with Crippen molar-refractivity contribution in [3.8, 4) is 0 Å². The van der Waals surface area contributed by atoms with Crippen LogP contribution < -0.4 is 5.73 Å². The molecule has 0 aliphatic carbocycles. The number of nitrogens with two attached hydrogens (primary N) is 1. The van der Waals surface area contributed by atoms with E-state index in [1.807, 2.05) is 0 Å². The minimum absolute atomic E-state index is 0.0212. The first-order chi connectivity index (χ1) is 7.45. The van der Waals surface area contributed by atoms with Gasteiger partial charge in [0.05, 0.1) is 0 Å². The highest BCUT2D eigenvalue weighted by Gasteiger charge is 2.23. The van der Waals surface area contributed by atoms with E-state index in [4.69, 9.17) is 5.73 Å². The fourth-order valence-electron chi connectivity index (χ4n) is 2.01. The van der Waals surface area contributed by atoms with Crippen LogP contribution in [-0.2, 0) is 12.5 Å². The first-order valence-electron chi connectivity index (χ1n) is 5.41. The van der Waals surface area contributed by atoms with Gasteiger partial charge in [-0.1, -0.05) is 35.8 Å². The molecule has 2 aromatic rings. The Labute approximate surface area is 105 Å². The molecule has 3 heteroatoms. The molecule has 1 aromatic heterocycles. The number of hydrogen-bond acceptors (Lipinski definition) is 1. The fourth-order valence-corrected chi connectivity index (χ4v) is 2.36. The van der Waals surface area contributed by atoms with Crippen molar-refractivity contribution < 1.29 is 0 Å². The summed E-state index contributed by atoms with van der Waals surface area (Å²) >= 11 is 3.51. The van der Waals surface area contributed by atoms with Crippen LogP contribution in [0.5, 0.6) is 0 Å². The SMILES string of the molecule is Cn1cc(C(C)(C)CN)c2ccc(Br)cc21. The molecule has 0 radical (unpaired) electrons. The summed E-state index contributed by atoms with van der Waals surface area (Å²) in [5, 5.41) is 1.29. The van der Waals surface area contributed by atoms with Crippen molar-refractivity contribution in [3.05, 3.63) is 34.4 Å². The van der Waals surface area contributed by atoms with Gasteiger partial charge in [0.1, 0.15) is 0 Å². The van der Waals surface area contributed by atoms with Crippen LogP contribution in [0.2, 0.25) is 0 Å². The van der Waals surface area contributed by atoms with E-state index in [2.05, 4.69) is 65.8 Å². The Morgan fingerprint density at radius 1 is 1.38 bits per heavy atom. The Bertz CT molecular complexity index is 526. The highest BCUT2D eigenvalue weighted by atomic mass is 79.9. The number of benzene rings is 1. The second kappa shape index (κ2) is 3.90. The van der Waals surface area contributed by atoms with Gasteiger partial charge in [0.2, 0.25) is 0 Å². The van der Waals surface area contributed by atoms with Gasteiger partial charge in [-0.3, -0.25) is 0 Å². The molecule has 0 bridgehead atoms. The Kier molecular flexibility index (Phi) is 2.84. The lowest BCUT2D eigenvalue weighted by atomic mass is 9.85. The Balaban J connectivity index is 2.73. The number of rotatable bonds is 2. The average molecular weight is 281 g/mol. The van der Waals surface area contributed by atoms with E-state index >= 15 is 0 Å². The van der Waals surface area contributed by atoms with Gasteiger partial charge in [-0.25, -0.2) is 0 Å². The summed E-state index contributed by atoms with van der Waals surface area (Å²) in [7, 11) is 2.07. The zero-order chi connectivity index (χ0) is 11.9. The number of halogens is 1. The molecule has 0 aliphatic rings. The molecule has 16 heavy (non-hydrogen) atoms. The van der Waals surface area contributed by atoms with Gasteiger partial charge in [-0.2, -0.15) is 0 Å². The molecule has 1 heterocycles. The smallest absolute Gasteiger partial charge is 0.0492 e. The topological polar surface area (TPSA) is 30.9 Å². The summed E-state index contributed by atoms with van der Waals surface area (Å²) in [6, 6.07) is 6.38. The lowest BCUT2D eigenvalue weighted by Crippen LogP contribution is -2.27. The highest BCUT2D eigenvalue weighted by molar-refractivity contribution is 9.10. The standard InChI is InChI=1S/C13H17BrN2/c1-13(2,8-15)11-7-16(3)12-6-9(14)4-5-10(11)12/h4-7H,8,15H2,1-3H3. The maximum Gasteiger partial charge on any atom is 0.0492 e. The molecular weight excluding hydrogens is 264 g/mol. The van der Waals surface area contributed by atoms with E-state index in [0.717, 1.165) is 4.47 Å². The Morgan fingerprint density at radius 2 is 2.06 bits per heavy atom. The van der Waals surface area contributed by atoms with Crippen molar-refractivity contribution in [1.82, 2.24) is 4.57 Å². The number of nitrogens with zero attached hydrogens (tertiary/aromatic N) is 1. The molecule has 2 rings (SSSR count). The highest BCUT2D eigenvalue weighted by Crippen LogP contribution is 2.32. The molecule has 0 saturated carbocycles. The minimum Gasteiger partial charge on any atom is -0.350 e. The zero-order valence-electron chi connectivity index (χ0n) is 9.92. The van der Waals surface area contributed by atoms with Gasteiger partial charge in [0, 0.05) is 40.6 Å². The summed E-state index contributed by atoms with van der Waals surface area (Å²) in [5.74, 6) is 0. The van der Waals surface area contributed by atoms with Crippen molar-refractivity contribution in [3.63, 3.8) is 0 Å². The summed E-state index contributed by atoms with van der Waals surface area (Å²) in [4.78, 5) is 0. The molecule has 0 saturated heterocycles. The predicted molar refractivity (Wildman–Crippen MR) is 72.7 cm³/mol. The third-order valence-corrected chi connectivity index (χ3v) is 3.69. The lowest BCUT2D eigenvalue weighted by molar-refractivity contribution is 0.542. The van der Waals surface area contributed by atoms with Crippen LogP contribution in [0.1, 0.15) is 19.4 Å². The van der Waals surface area contributed by atoms with E-state index in [9.17, 15) is 0 Å². The van der Waals surface area contributed by atoms with E-state index in [-0.39, 0.29) is 5.41 Å². The third kappa shape index (κ3) is 1.78. The molecule has 0 unspecified atom stereocenters. The molecule has 0 fully saturated rings. The largest absolute Gasteiger partial charge is 0.350 e. The Hall–Kier alpha value is -0.800. The second-order valence-electron chi connectivity index (χ2n) is 4.90. The summed E-state index contributed by atoms with van der Waals surface area (Å²) < 4.78 is 3.27. The summed E-state index contributed by atoms with van der Waals surface area (Å²) in [6.07, 6.45) is 2.18.